The fourth-order valence-electron chi connectivity index (χ4n) is 6.54. The molecule has 6 atom stereocenters. The molecule has 0 spiro atoms. The third-order valence-electron chi connectivity index (χ3n) is 8.25. The van der Waals surface area contributed by atoms with Crippen molar-refractivity contribution in [2.75, 3.05) is 11.6 Å². The van der Waals surface area contributed by atoms with Crippen molar-refractivity contribution in [2.45, 2.75) is 20.3 Å². The molecule has 7 rings (SSSR count). The van der Waals surface area contributed by atoms with Gasteiger partial charge in [0.25, 0.3) is 11.6 Å². The first-order valence-corrected chi connectivity index (χ1v) is 11.9. The standard InChI is InChI=1S/C27H25N3O5/c1-14-3-10-22(15(2)11-14)28(25(31)16-4-6-17(7-5-16)30(34)35)13-29-26(32)23-18-8-9-19(21-12-20(18)21)24(23)27(29)33/h3-11,18-21,23-24H,12-13H2,1-2H3. The molecule has 5 aliphatic rings. The lowest BCUT2D eigenvalue weighted by Gasteiger charge is -2.37. The lowest BCUT2D eigenvalue weighted by atomic mass is 9.63. The van der Waals surface area contributed by atoms with Crippen molar-refractivity contribution in [1.82, 2.24) is 4.90 Å². The van der Waals surface area contributed by atoms with Crippen LogP contribution in [0.5, 0.6) is 0 Å². The lowest BCUT2D eigenvalue weighted by molar-refractivity contribution is -0.384. The van der Waals surface area contributed by atoms with Crippen LogP contribution in [0.3, 0.4) is 0 Å². The van der Waals surface area contributed by atoms with Gasteiger partial charge in [0.2, 0.25) is 11.8 Å². The maximum Gasteiger partial charge on any atom is 0.269 e. The Hall–Kier alpha value is -3.81. The highest BCUT2D eigenvalue weighted by Gasteiger charge is 2.67. The highest BCUT2D eigenvalue weighted by molar-refractivity contribution is 6.10. The summed E-state index contributed by atoms with van der Waals surface area (Å²) in [7, 11) is 0. The fraction of sp³-hybridized carbons (Fsp3) is 0.370. The second-order valence-electron chi connectivity index (χ2n) is 10.2. The number of nitrogens with zero attached hydrogens (tertiary/aromatic N) is 3. The Morgan fingerprint density at radius 3 is 2.14 bits per heavy atom. The number of likely N-dealkylation sites (tertiary alicyclic amines) is 1. The molecule has 8 heteroatoms. The predicted molar refractivity (Wildman–Crippen MR) is 127 cm³/mol. The van der Waals surface area contributed by atoms with Crippen molar-refractivity contribution in [3.8, 4) is 0 Å². The molecule has 2 saturated carbocycles. The first-order valence-electron chi connectivity index (χ1n) is 11.9. The van der Waals surface area contributed by atoms with Crippen LogP contribution in [-0.4, -0.2) is 34.2 Å². The number of hydrogen-bond acceptors (Lipinski definition) is 5. The number of anilines is 1. The minimum Gasteiger partial charge on any atom is -0.289 e. The molecule has 0 N–H and O–H groups in total. The lowest BCUT2D eigenvalue weighted by Crippen LogP contribution is -2.45. The maximum atomic E-state index is 13.7. The number of carbonyl (C=O) groups excluding carboxylic acids is 3. The number of allylic oxidation sites excluding steroid dienone is 2. The second-order valence-corrected chi connectivity index (χ2v) is 10.2. The molecule has 0 radical (unpaired) electrons. The number of hydrogen-bond donors (Lipinski definition) is 0. The summed E-state index contributed by atoms with van der Waals surface area (Å²) in [6.07, 6.45) is 5.33. The number of rotatable bonds is 5. The van der Waals surface area contributed by atoms with Gasteiger partial charge in [-0.15, -0.1) is 0 Å². The van der Waals surface area contributed by atoms with Crippen LogP contribution in [0.1, 0.15) is 27.9 Å². The molecule has 3 fully saturated rings. The summed E-state index contributed by atoms with van der Waals surface area (Å²) in [5.74, 6) is -0.278. The molecular weight excluding hydrogens is 446 g/mol. The molecule has 2 aromatic carbocycles. The van der Waals surface area contributed by atoms with Gasteiger partial charge < -0.3 is 0 Å². The molecule has 3 amide bonds. The summed E-state index contributed by atoms with van der Waals surface area (Å²) in [5, 5.41) is 11.0. The number of nitro benzene ring substituents is 1. The van der Waals surface area contributed by atoms with Gasteiger partial charge in [-0.05, 0) is 67.7 Å². The van der Waals surface area contributed by atoms with Gasteiger partial charge in [0, 0.05) is 23.4 Å². The van der Waals surface area contributed by atoms with Crippen molar-refractivity contribution in [1.29, 1.82) is 0 Å². The van der Waals surface area contributed by atoms with Crippen molar-refractivity contribution in [3.05, 3.63) is 81.4 Å². The summed E-state index contributed by atoms with van der Waals surface area (Å²) < 4.78 is 0. The SMILES string of the molecule is Cc1ccc(N(CN2C(=O)C3C4C=CC(C5CC45)C3C2=O)C(=O)c2ccc([N+](=O)[O-])cc2)c(C)c1. The minimum absolute atomic E-state index is 0.108. The van der Waals surface area contributed by atoms with E-state index in [0.717, 1.165) is 17.5 Å². The largest absolute Gasteiger partial charge is 0.289 e. The number of carbonyl (C=O) groups is 3. The van der Waals surface area contributed by atoms with Crippen molar-refractivity contribution in [2.24, 2.45) is 35.5 Å². The Bertz CT molecular complexity index is 1280. The summed E-state index contributed by atoms with van der Waals surface area (Å²) in [5.41, 5.74) is 2.58. The molecule has 2 bridgehead atoms. The molecule has 8 nitrogen and oxygen atoms in total. The number of benzene rings is 2. The van der Waals surface area contributed by atoms with E-state index < -0.39 is 10.8 Å². The van der Waals surface area contributed by atoms with Crippen molar-refractivity contribution >= 4 is 29.1 Å². The van der Waals surface area contributed by atoms with E-state index in [2.05, 4.69) is 12.2 Å². The van der Waals surface area contributed by atoms with Crippen LogP contribution in [0.2, 0.25) is 0 Å². The van der Waals surface area contributed by atoms with Crippen LogP contribution in [0.4, 0.5) is 11.4 Å². The first kappa shape index (κ1) is 21.7. The third-order valence-corrected chi connectivity index (χ3v) is 8.25. The Morgan fingerprint density at radius 1 is 1.00 bits per heavy atom. The average Bonchev–Trinajstić information content (AvgIpc) is 3.63. The molecule has 0 aromatic heterocycles. The van der Waals surface area contributed by atoms with Gasteiger partial charge in [-0.1, -0.05) is 29.8 Å². The Kier molecular flexibility index (Phi) is 4.71. The van der Waals surface area contributed by atoms with Crippen molar-refractivity contribution < 1.29 is 19.3 Å². The van der Waals surface area contributed by atoms with Crippen LogP contribution >= 0.6 is 0 Å². The quantitative estimate of drug-likeness (QED) is 0.285. The third kappa shape index (κ3) is 3.23. The monoisotopic (exact) mass is 471 g/mol. The van der Waals surface area contributed by atoms with Gasteiger partial charge in [-0.2, -0.15) is 0 Å². The van der Waals surface area contributed by atoms with E-state index in [9.17, 15) is 24.5 Å². The number of nitro groups is 1. The molecule has 1 aliphatic heterocycles. The molecule has 2 aromatic rings. The van der Waals surface area contributed by atoms with E-state index in [-0.39, 0.29) is 53.4 Å². The van der Waals surface area contributed by atoms with Crippen LogP contribution in [0.15, 0.2) is 54.6 Å². The molecule has 4 aliphatic carbocycles. The number of non-ortho nitro benzene ring substituents is 1. The van der Waals surface area contributed by atoms with Crippen molar-refractivity contribution in [3.63, 3.8) is 0 Å². The number of imide groups is 1. The second kappa shape index (κ2) is 7.60. The van der Waals surface area contributed by atoms with E-state index in [1.54, 1.807) is 0 Å². The van der Waals surface area contributed by atoms with Crippen LogP contribution in [0.25, 0.3) is 0 Å². The Morgan fingerprint density at radius 2 is 1.60 bits per heavy atom. The van der Waals surface area contributed by atoms with E-state index in [0.29, 0.717) is 17.5 Å². The van der Waals surface area contributed by atoms with Gasteiger partial charge in [0.15, 0.2) is 0 Å². The maximum absolute atomic E-state index is 13.7. The van der Waals surface area contributed by atoms with Gasteiger partial charge >= 0.3 is 0 Å². The Labute approximate surface area is 202 Å². The average molecular weight is 472 g/mol. The summed E-state index contributed by atoms with van der Waals surface area (Å²) in [6.45, 7) is 3.65. The van der Waals surface area contributed by atoms with Gasteiger partial charge in [-0.25, -0.2) is 0 Å². The summed E-state index contributed by atoms with van der Waals surface area (Å²) >= 11 is 0. The first-order chi connectivity index (χ1) is 16.8. The van der Waals surface area contributed by atoms with Gasteiger partial charge in [0.05, 0.1) is 16.8 Å². The molecule has 1 saturated heterocycles. The zero-order valence-electron chi connectivity index (χ0n) is 19.5. The highest BCUT2D eigenvalue weighted by atomic mass is 16.6. The minimum atomic E-state index is -0.521. The predicted octanol–water partition coefficient (Wildman–Crippen LogP) is 3.87. The number of aryl methyl sites for hydroxylation is 2. The zero-order chi connectivity index (χ0) is 24.6. The normalized spacial score (nSPS) is 29.7. The fourth-order valence-corrected chi connectivity index (χ4v) is 6.54. The van der Waals surface area contributed by atoms with E-state index in [1.165, 1.54) is 34.1 Å². The summed E-state index contributed by atoms with van der Waals surface area (Å²) in [4.78, 5) is 54.0. The zero-order valence-corrected chi connectivity index (χ0v) is 19.5. The van der Waals surface area contributed by atoms with Crippen LogP contribution in [0, 0.1) is 59.5 Å². The van der Waals surface area contributed by atoms with E-state index in [4.69, 9.17) is 0 Å². The van der Waals surface area contributed by atoms with Crippen LogP contribution in [-0.2, 0) is 9.59 Å². The van der Waals surface area contributed by atoms with Crippen LogP contribution < -0.4 is 4.90 Å². The summed E-state index contributed by atoms with van der Waals surface area (Å²) in [6, 6.07) is 11.0. The topological polar surface area (TPSA) is 101 Å². The smallest absolute Gasteiger partial charge is 0.269 e. The molecule has 178 valence electrons. The molecule has 35 heavy (non-hydrogen) atoms. The van der Waals surface area contributed by atoms with Gasteiger partial charge in [-0.3, -0.25) is 34.3 Å². The number of amides is 3. The Balaban J connectivity index is 1.35. The van der Waals surface area contributed by atoms with E-state index >= 15 is 0 Å². The van der Waals surface area contributed by atoms with Gasteiger partial charge in [0.1, 0.15) is 6.67 Å². The molecular formula is C27H25N3O5. The van der Waals surface area contributed by atoms with E-state index in [1.807, 2.05) is 32.0 Å². The highest BCUT2D eigenvalue weighted by Crippen LogP contribution is 2.65. The molecule has 1 heterocycles. The molecule has 6 unspecified atom stereocenters.